The molecule has 1 amide bonds. The number of benzene rings is 1. The normalized spacial score (nSPS) is 13.6. The molecule has 0 spiro atoms. The molecule has 1 aliphatic rings. The summed E-state index contributed by atoms with van der Waals surface area (Å²) in [7, 11) is 0. The van der Waals surface area contributed by atoms with Crippen LogP contribution in [0.2, 0.25) is 0 Å². The Bertz CT molecular complexity index is 523. The second-order valence-electron chi connectivity index (χ2n) is 5.35. The molecule has 0 aromatic heterocycles. The molecule has 0 aliphatic heterocycles. The summed E-state index contributed by atoms with van der Waals surface area (Å²) in [6.45, 7) is 4.57. The molecule has 5 heteroatoms. The lowest BCUT2D eigenvalue weighted by Gasteiger charge is -2.10. The van der Waals surface area contributed by atoms with Gasteiger partial charge in [0.15, 0.2) is 6.61 Å². The van der Waals surface area contributed by atoms with Crippen LogP contribution in [-0.2, 0) is 14.3 Å². The van der Waals surface area contributed by atoms with E-state index in [0.29, 0.717) is 13.2 Å². The van der Waals surface area contributed by atoms with Gasteiger partial charge in [0.25, 0.3) is 5.91 Å². The van der Waals surface area contributed by atoms with Crippen LogP contribution in [0.15, 0.2) is 18.2 Å². The van der Waals surface area contributed by atoms with E-state index < -0.39 is 0 Å². The van der Waals surface area contributed by atoms with Crippen molar-refractivity contribution in [2.24, 2.45) is 5.92 Å². The van der Waals surface area contributed by atoms with Gasteiger partial charge < -0.3 is 14.8 Å². The number of rotatable bonds is 7. The molecule has 114 valence electrons. The summed E-state index contributed by atoms with van der Waals surface area (Å²) in [6.07, 6.45) is 1.76. The second-order valence-corrected chi connectivity index (χ2v) is 5.35. The van der Waals surface area contributed by atoms with E-state index in [0.717, 1.165) is 24.2 Å². The summed E-state index contributed by atoms with van der Waals surface area (Å²) >= 11 is 0. The van der Waals surface area contributed by atoms with Crippen molar-refractivity contribution >= 4 is 11.9 Å². The van der Waals surface area contributed by atoms with Crippen LogP contribution < -0.4 is 10.1 Å². The van der Waals surface area contributed by atoms with Crippen molar-refractivity contribution in [1.82, 2.24) is 5.32 Å². The average Bonchev–Trinajstić information content (AvgIpc) is 3.27. The van der Waals surface area contributed by atoms with Crippen molar-refractivity contribution in [3.05, 3.63) is 29.3 Å². The Kier molecular flexibility index (Phi) is 5.20. The lowest BCUT2D eigenvalue weighted by molar-refractivity contribution is -0.149. The van der Waals surface area contributed by atoms with E-state index in [-0.39, 0.29) is 24.4 Å². The number of carbonyl (C=O) groups is 2. The largest absolute Gasteiger partial charge is 0.491 e. The van der Waals surface area contributed by atoms with E-state index in [1.165, 1.54) is 5.56 Å². The van der Waals surface area contributed by atoms with E-state index in [1.807, 2.05) is 32.0 Å². The van der Waals surface area contributed by atoms with Crippen LogP contribution in [0.4, 0.5) is 0 Å². The zero-order chi connectivity index (χ0) is 15.2. The van der Waals surface area contributed by atoms with Crippen LogP contribution in [0, 0.1) is 19.8 Å². The van der Waals surface area contributed by atoms with E-state index in [4.69, 9.17) is 9.47 Å². The first kappa shape index (κ1) is 15.4. The standard InChI is InChI=1S/C16H21NO4/c1-11-3-6-14(12(2)9-11)20-8-7-17-15(18)10-21-16(19)13-4-5-13/h3,6,9,13H,4-5,7-8,10H2,1-2H3,(H,17,18). The molecule has 1 aromatic rings. The molecule has 1 N–H and O–H groups in total. The molecule has 1 aromatic carbocycles. The van der Waals surface area contributed by atoms with Gasteiger partial charge in [-0.25, -0.2) is 0 Å². The van der Waals surface area contributed by atoms with Crippen molar-refractivity contribution in [3.63, 3.8) is 0 Å². The van der Waals surface area contributed by atoms with Gasteiger partial charge in [-0.2, -0.15) is 0 Å². The number of carbonyl (C=O) groups excluding carboxylic acids is 2. The average molecular weight is 291 g/mol. The highest BCUT2D eigenvalue weighted by Gasteiger charge is 2.31. The fourth-order valence-electron chi connectivity index (χ4n) is 1.94. The number of hydrogen-bond donors (Lipinski definition) is 1. The summed E-state index contributed by atoms with van der Waals surface area (Å²) in [5.74, 6) is 0.269. The third kappa shape index (κ3) is 5.10. The van der Waals surface area contributed by atoms with Gasteiger partial charge in [0.05, 0.1) is 12.5 Å². The number of ether oxygens (including phenoxy) is 2. The molecule has 0 unspecified atom stereocenters. The van der Waals surface area contributed by atoms with Crippen LogP contribution in [0.25, 0.3) is 0 Å². The molecular formula is C16H21NO4. The first-order valence-corrected chi connectivity index (χ1v) is 7.19. The van der Waals surface area contributed by atoms with Gasteiger partial charge >= 0.3 is 5.97 Å². The molecule has 0 radical (unpaired) electrons. The van der Waals surface area contributed by atoms with Crippen molar-refractivity contribution in [2.75, 3.05) is 19.8 Å². The number of amides is 1. The molecule has 0 bridgehead atoms. The monoisotopic (exact) mass is 291 g/mol. The molecule has 5 nitrogen and oxygen atoms in total. The molecule has 0 atom stereocenters. The van der Waals surface area contributed by atoms with Crippen molar-refractivity contribution in [2.45, 2.75) is 26.7 Å². The van der Waals surface area contributed by atoms with Crippen LogP contribution in [0.1, 0.15) is 24.0 Å². The third-order valence-corrected chi connectivity index (χ3v) is 3.27. The third-order valence-electron chi connectivity index (χ3n) is 3.27. The SMILES string of the molecule is Cc1ccc(OCCNC(=O)COC(=O)C2CC2)c(C)c1. The molecule has 1 saturated carbocycles. The topological polar surface area (TPSA) is 64.6 Å². The molecule has 21 heavy (non-hydrogen) atoms. The Morgan fingerprint density at radius 1 is 1.29 bits per heavy atom. The summed E-state index contributed by atoms with van der Waals surface area (Å²) < 4.78 is 10.5. The van der Waals surface area contributed by atoms with Gasteiger partial charge in [-0.15, -0.1) is 0 Å². The first-order valence-electron chi connectivity index (χ1n) is 7.19. The lowest BCUT2D eigenvalue weighted by Crippen LogP contribution is -2.32. The Morgan fingerprint density at radius 2 is 2.05 bits per heavy atom. The highest BCUT2D eigenvalue weighted by Crippen LogP contribution is 2.29. The maximum absolute atomic E-state index is 11.5. The summed E-state index contributed by atoms with van der Waals surface area (Å²) in [5.41, 5.74) is 2.25. The number of nitrogens with one attached hydrogen (secondary N) is 1. The Labute approximate surface area is 124 Å². The van der Waals surface area contributed by atoms with E-state index in [1.54, 1.807) is 0 Å². The van der Waals surface area contributed by atoms with Gasteiger partial charge in [-0.05, 0) is 38.3 Å². The van der Waals surface area contributed by atoms with Crippen molar-refractivity contribution in [1.29, 1.82) is 0 Å². The van der Waals surface area contributed by atoms with Crippen LogP contribution >= 0.6 is 0 Å². The van der Waals surface area contributed by atoms with E-state index in [2.05, 4.69) is 5.32 Å². The minimum atomic E-state index is -0.298. The van der Waals surface area contributed by atoms with Gasteiger partial charge in [0, 0.05) is 0 Å². The maximum Gasteiger partial charge on any atom is 0.309 e. The molecular weight excluding hydrogens is 270 g/mol. The highest BCUT2D eigenvalue weighted by atomic mass is 16.5. The predicted molar refractivity (Wildman–Crippen MR) is 78.1 cm³/mol. The predicted octanol–water partition coefficient (Wildman–Crippen LogP) is 1.75. The zero-order valence-corrected chi connectivity index (χ0v) is 12.5. The minimum Gasteiger partial charge on any atom is -0.491 e. The minimum absolute atomic E-state index is 0.0191. The van der Waals surface area contributed by atoms with E-state index in [9.17, 15) is 9.59 Å². The second kappa shape index (κ2) is 7.11. The Morgan fingerprint density at radius 3 is 2.71 bits per heavy atom. The maximum atomic E-state index is 11.5. The molecule has 0 heterocycles. The van der Waals surface area contributed by atoms with Gasteiger partial charge in [-0.3, -0.25) is 9.59 Å². The van der Waals surface area contributed by atoms with Gasteiger partial charge in [0.2, 0.25) is 0 Å². The lowest BCUT2D eigenvalue weighted by atomic mass is 10.1. The number of esters is 1. The van der Waals surface area contributed by atoms with Crippen LogP contribution in [0.3, 0.4) is 0 Å². The van der Waals surface area contributed by atoms with Gasteiger partial charge in [-0.1, -0.05) is 17.7 Å². The van der Waals surface area contributed by atoms with Crippen LogP contribution in [-0.4, -0.2) is 31.6 Å². The zero-order valence-electron chi connectivity index (χ0n) is 12.5. The summed E-state index contributed by atoms with van der Waals surface area (Å²) in [4.78, 5) is 22.7. The molecule has 1 fully saturated rings. The number of hydrogen-bond acceptors (Lipinski definition) is 4. The quantitative estimate of drug-likeness (QED) is 0.614. The molecule has 0 saturated heterocycles. The molecule has 2 rings (SSSR count). The summed E-state index contributed by atoms with van der Waals surface area (Å²) in [5, 5.41) is 2.66. The Balaban J connectivity index is 1.60. The fraction of sp³-hybridized carbons (Fsp3) is 0.500. The smallest absolute Gasteiger partial charge is 0.309 e. The van der Waals surface area contributed by atoms with Gasteiger partial charge in [0.1, 0.15) is 12.4 Å². The summed E-state index contributed by atoms with van der Waals surface area (Å²) in [6, 6.07) is 5.95. The Hall–Kier alpha value is -2.04. The fourth-order valence-corrected chi connectivity index (χ4v) is 1.94. The van der Waals surface area contributed by atoms with E-state index >= 15 is 0 Å². The first-order chi connectivity index (χ1) is 10.1. The highest BCUT2D eigenvalue weighted by molar-refractivity contribution is 5.81. The number of aryl methyl sites for hydroxylation is 2. The van der Waals surface area contributed by atoms with Crippen molar-refractivity contribution < 1.29 is 19.1 Å². The molecule has 1 aliphatic carbocycles. The van der Waals surface area contributed by atoms with Crippen molar-refractivity contribution in [3.8, 4) is 5.75 Å². The van der Waals surface area contributed by atoms with Crippen LogP contribution in [0.5, 0.6) is 5.75 Å².